The summed E-state index contributed by atoms with van der Waals surface area (Å²) in [6.45, 7) is 0. The van der Waals surface area contributed by atoms with Crippen LogP contribution in [0.1, 0.15) is 11.1 Å². The Morgan fingerprint density at radius 2 is 1.20 bits per heavy atom. The van der Waals surface area contributed by atoms with Crippen molar-refractivity contribution >= 4 is 59.4 Å². The molecule has 0 atom stereocenters. The highest BCUT2D eigenvalue weighted by Crippen LogP contribution is 2.88. The Bertz CT molecular complexity index is 624. The molecule has 0 radical (unpaired) electrons. The van der Waals surface area contributed by atoms with E-state index in [0.29, 0.717) is 0 Å². The molecule has 0 aromatic heterocycles. The average Bonchev–Trinajstić information content (AvgIpc) is 2.88. The summed E-state index contributed by atoms with van der Waals surface area (Å²) in [4.78, 5) is 2.69. The smallest absolute Gasteiger partial charge is 0.107 e. The summed E-state index contributed by atoms with van der Waals surface area (Å²) in [7, 11) is 0. The Balaban J connectivity index is 2.12. The van der Waals surface area contributed by atoms with Crippen LogP contribution in [0.2, 0.25) is 0 Å². The number of hydrogen-bond donors (Lipinski definition) is 0. The Labute approximate surface area is 137 Å². The van der Waals surface area contributed by atoms with Crippen molar-refractivity contribution in [1.82, 2.24) is 0 Å². The lowest BCUT2D eigenvalue weighted by Crippen LogP contribution is -1.81. The highest BCUT2D eigenvalue weighted by atomic mass is 33.5. The van der Waals surface area contributed by atoms with E-state index in [1.165, 1.54) is 20.9 Å². The summed E-state index contributed by atoms with van der Waals surface area (Å²) in [6.07, 6.45) is 2.14. The number of rotatable bonds is 3. The molecule has 2 aromatic carbocycles. The first kappa shape index (κ1) is 14.8. The highest BCUT2D eigenvalue weighted by molar-refractivity contribution is 9.26. The van der Waals surface area contributed by atoms with Crippen molar-refractivity contribution in [3.05, 3.63) is 71.8 Å². The van der Waals surface area contributed by atoms with Gasteiger partial charge in [0.15, 0.2) is 0 Å². The first-order valence-corrected chi connectivity index (χ1v) is 13.6. The largest absolute Gasteiger partial charge is 0.118 e. The van der Waals surface area contributed by atoms with Gasteiger partial charge >= 0.3 is 0 Å². The molecule has 0 bridgehead atoms. The van der Waals surface area contributed by atoms with Crippen molar-refractivity contribution in [2.45, 2.75) is 0 Å². The highest BCUT2D eigenvalue weighted by Gasteiger charge is 2.32. The fourth-order valence-electron chi connectivity index (χ4n) is 1.95. The van der Waals surface area contributed by atoms with Crippen LogP contribution in [0.25, 0.3) is 9.81 Å². The van der Waals surface area contributed by atoms with E-state index in [4.69, 9.17) is 11.8 Å². The summed E-state index contributed by atoms with van der Waals surface area (Å²) >= 11 is 11.5. The van der Waals surface area contributed by atoms with E-state index in [0.717, 1.165) is 0 Å². The van der Waals surface area contributed by atoms with Crippen LogP contribution in [0, 0.1) is 0 Å². The second kappa shape index (κ2) is 6.33. The van der Waals surface area contributed by atoms with Crippen LogP contribution in [0.3, 0.4) is 0 Å². The normalized spacial score (nSPS) is 17.4. The molecule has 0 amide bonds. The zero-order valence-electron chi connectivity index (χ0n) is 10.9. The molecule has 0 N–H and O–H groups in total. The number of hydrogen-bond acceptors (Lipinski definition) is 4. The average molecular weight is 353 g/mol. The zero-order valence-corrected chi connectivity index (χ0v) is 15.0. The summed E-state index contributed by atoms with van der Waals surface area (Å²) in [5.74, 6) is 0. The minimum Gasteiger partial charge on any atom is -0.107 e. The minimum absolute atomic E-state index is 1.28. The Morgan fingerprint density at radius 3 is 1.55 bits per heavy atom. The molecule has 20 heavy (non-hydrogen) atoms. The van der Waals surface area contributed by atoms with Gasteiger partial charge in [0.25, 0.3) is 0 Å². The predicted molar refractivity (Wildman–Crippen MR) is 103 cm³/mol. The molecule has 1 aliphatic heterocycles. The summed E-state index contributed by atoms with van der Waals surface area (Å²) in [5.41, 5.74) is 2.56. The fourth-order valence-corrected chi connectivity index (χ4v) is 12.9. The zero-order chi connectivity index (χ0) is 14.0. The van der Waals surface area contributed by atoms with E-state index in [2.05, 4.69) is 66.9 Å². The van der Waals surface area contributed by atoms with E-state index < -0.39 is 3.64 Å². The minimum atomic E-state index is -1.48. The van der Waals surface area contributed by atoms with Gasteiger partial charge < -0.3 is 0 Å². The summed E-state index contributed by atoms with van der Waals surface area (Å²) < 4.78 is -1.48. The van der Waals surface area contributed by atoms with Gasteiger partial charge in [-0.25, -0.2) is 0 Å². The molecule has 0 fully saturated rings. The van der Waals surface area contributed by atoms with Gasteiger partial charge in [-0.1, -0.05) is 95.2 Å². The van der Waals surface area contributed by atoms with Gasteiger partial charge in [-0.05, 0) is 17.4 Å². The Kier molecular flexibility index (Phi) is 4.68. The maximum absolute atomic E-state index is 5.88. The van der Waals surface area contributed by atoms with Gasteiger partial charge in [-0.3, -0.25) is 0 Å². The predicted octanol–water partition coefficient (Wildman–Crippen LogP) is 6.58. The molecule has 0 spiro atoms. The third-order valence-electron chi connectivity index (χ3n) is 2.91. The molecule has 0 saturated heterocycles. The monoisotopic (exact) mass is 352 g/mol. The Morgan fingerprint density at radius 1 is 0.800 bits per heavy atom. The topological polar surface area (TPSA) is 0 Å². The standard InChI is InChI=1S/C15H13PS4/c1-18-16(17)19-14(12-8-4-2-5-9-12)15(20-16)13-10-6-3-7-11-13/h2-11H,1H3. The van der Waals surface area contributed by atoms with Gasteiger partial charge in [0.05, 0.1) is 0 Å². The summed E-state index contributed by atoms with van der Waals surface area (Å²) in [5, 5.41) is 0. The van der Waals surface area contributed by atoms with Crippen molar-refractivity contribution in [1.29, 1.82) is 0 Å². The quantitative estimate of drug-likeness (QED) is 0.572. The first-order chi connectivity index (χ1) is 9.72. The molecule has 1 heterocycles. The van der Waals surface area contributed by atoms with E-state index >= 15 is 0 Å². The van der Waals surface area contributed by atoms with E-state index in [9.17, 15) is 0 Å². The SMILES string of the molecule is CSP1(=S)SC(c2ccccc2)=C(c2ccccc2)S1. The lowest BCUT2D eigenvalue weighted by Gasteiger charge is -2.09. The molecule has 3 rings (SSSR count). The van der Waals surface area contributed by atoms with Crippen LogP contribution in [-0.4, -0.2) is 6.26 Å². The second-order valence-corrected chi connectivity index (χ2v) is 19.6. The van der Waals surface area contributed by atoms with Crippen LogP contribution in [0.5, 0.6) is 0 Å². The van der Waals surface area contributed by atoms with Gasteiger partial charge in [0.1, 0.15) is 3.64 Å². The second-order valence-electron chi connectivity index (χ2n) is 4.20. The molecule has 0 nitrogen and oxygen atoms in total. The van der Waals surface area contributed by atoms with Crippen LogP contribution in [0.4, 0.5) is 0 Å². The molecule has 102 valence electrons. The maximum atomic E-state index is 5.88. The fraction of sp³-hybridized carbons (Fsp3) is 0.0667. The van der Waals surface area contributed by atoms with E-state index in [1.807, 2.05) is 34.1 Å². The van der Waals surface area contributed by atoms with Crippen molar-refractivity contribution in [2.24, 2.45) is 0 Å². The molecule has 5 heteroatoms. The number of benzene rings is 2. The molecular formula is C15H13PS4. The molecule has 1 aliphatic rings. The lowest BCUT2D eigenvalue weighted by atomic mass is 10.1. The van der Waals surface area contributed by atoms with Gasteiger partial charge in [0, 0.05) is 9.81 Å². The third-order valence-corrected chi connectivity index (χ3v) is 17.0. The van der Waals surface area contributed by atoms with Crippen LogP contribution >= 0.6 is 37.8 Å². The van der Waals surface area contributed by atoms with Gasteiger partial charge in [0.2, 0.25) is 0 Å². The van der Waals surface area contributed by atoms with Crippen LogP contribution in [0.15, 0.2) is 60.7 Å². The van der Waals surface area contributed by atoms with Crippen molar-refractivity contribution in [3.8, 4) is 0 Å². The van der Waals surface area contributed by atoms with Crippen LogP contribution in [-0.2, 0) is 11.8 Å². The molecule has 0 unspecified atom stereocenters. The van der Waals surface area contributed by atoms with E-state index in [-0.39, 0.29) is 0 Å². The lowest BCUT2D eigenvalue weighted by molar-refractivity contribution is 1.63. The van der Waals surface area contributed by atoms with E-state index in [1.54, 1.807) is 0 Å². The molecule has 2 aromatic rings. The molecule has 0 aliphatic carbocycles. The van der Waals surface area contributed by atoms with Gasteiger partial charge in [-0.2, -0.15) is 0 Å². The molecule has 0 saturated carbocycles. The van der Waals surface area contributed by atoms with Crippen molar-refractivity contribution < 1.29 is 0 Å². The van der Waals surface area contributed by atoms with Crippen LogP contribution < -0.4 is 0 Å². The molecular weight excluding hydrogens is 339 g/mol. The maximum Gasteiger partial charge on any atom is 0.118 e. The van der Waals surface area contributed by atoms with Gasteiger partial charge in [-0.15, -0.1) is 11.4 Å². The third kappa shape index (κ3) is 3.05. The van der Waals surface area contributed by atoms with Crippen molar-refractivity contribution in [3.63, 3.8) is 0 Å². The first-order valence-electron chi connectivity index (χ1n) is 6.12. The van der Waals surface area contributed by atoms with Crippen molar-refractivity contribution in [2.75, 3.05) is 6.26 Å². The summed E-state index contributed by atoms with van der Waals surface area (Å²) in [6, 6.07) is 21.2. The Hall–Kier alpha value is -0.120.